The number of hydrogen-bond acceptors (Lipinski definition) is 4. The van der Waals surface area contributed by atoms with Crippen LogP contribution in [0.3, 0.4) is 0 Å². The maximum atomic E-state index is 11.5. The Morgan fingerprint density at radius 2 is 1.94 bits per heavy atom. The van der Waals surface area contributed by atoms with Crippen molar-refractivity contribution in [3.8, 4) is 0 Å². The van der Waals surface area contributed by atoms with Crippen molar-refractivity contribution in [2.75, 3.05) is 14.2 Å². The number of esters is 1. The van der Waals surface area contributed by atoms with E-state index < -0.39 is 5.97 Å². The molecule has 0 bridgehead atoms. The van der Waals surface area contributed by atoms with Gasteiger partial charge in [0, 0.05) is 5.56 Å². The molecule has 0 spiro atoms. The standard InChI is InChI=1S/C12H15NO3/c1-8-6-5-7-10(9(8)2)11(13-16-4)12(14)15-3/h5-7H,1-4H3. The molecule has 0 aliphatic carbocycles. The van der Waals surface area contributed by atoms with Crippen molar-refractivity contribution < 1.29 is 14.4 Å². The van der Waals surface area contributed by atoms with Crippen molar-refractivity contribution in [3.05, 3.63) is 34.9 Å². The molecule has 0 atom stereocenters. The maximum Gasteiger partial charge on any atom is 0.360 e. The molecule has 0 aliphatic heterocycles. The third-order valence-electron chi connectivity index (χ3n) is 2.42. The lowest BCUT2D eigenvalue weighted by molar-refractivity contribution is -0.132. The second kappa shape index (κ2) is 5.30. The molecule has 16 heavy (non-hydrogen) atoms. The number of ether oxygens (including phenoxy) is 1. The molecular weight excluding hydrogens is 206 g/mol. The largest absolute Gasteiger partial charge is 0.464 e. The Bertz CT molecular complexity index is 424. The maximum absolute atomic E-state index is 11.5. The van der Waals surface area contributed by atoms with E-state index in [0.29, 0.717) is 0 Å². The predicted octanol–water partition coefficient (Wildman–Crippen LogP) is 1.83. The zero-order valence-electron chi connectivity index (χ0n) is 9.90. The van der Waals surface area contributed by atoms with Gasteiger partial charge in [0.15, 0.2) is 5.71 Å². The molecule has 0 aliphatic rings. The number of aryl methyl sites for hydroxylation is 1. The SMILES string of the molecule is CON=C(C(=O)OC)c1cccc(C)c1C. The first-order chi connectivity index (χ1) is 7.61. The van der Waals surface area contributed by atoms with Crippen molar-refractivity contribution in [1.29, 1.82) is 0 Å². The molecule has 86 valence electrons. The number of carbonyl (C=O) groups is 1. The fourth-order valence-corrected chi connectivity index (χ4v) is 1.39. The minimum absolute atomic E-state index is 0.186. The first-order valence-electron chi connectivity index (χ1n) is 4.87. The third-order valence-corrected chi connectivity index (χ3v) is 2.42. The van der Waals surface area contributed by atoms with Gasteiger partial charge in [-0.05, 0) is 25.0 Å². The van der Waals surface area contributed by atoms with E-state index in [1.807, 2.05) is 32.0 Å². The van der Waals surface area contributed by atoms with Gasteiger partial charge >= 0.3 is 5.97 Å². The molecule has 1 rings (SSSR count). The molecule has 4 nitrogen and oxygen atoms in total. The van der Waals surface area contributed by atoms with Crippen molar-refractivity contribution in [2.24, 2.45) is 5.16 Å². The van der Waals surface area contributed by atoms with Crippen molar-refractivity contribution in [2.45, 2.75) is 13.8 Å². The lowest BCUT2D eigenvalue weighted by Crippen LogP contribution is -2.19. The van der Waals surface area contributed by atoms with Crippen LogP contribution < -0.4 is 0 Å². The summed E-state index contributed by atoms with van der Waals surface area (Å²) in [5.41, 5.74) is 2.99. The highest BCUT2D eigenvalue weighted by Gasteiger charge is 2.18. The molecule has 0 saturated heterocycles. The summed E-state index contributed by atoms with van der Waals surface area (Å²) >= 11 is 0. The van der Waals surface area contributed by atoms with Gasteiger partial charge in [0.25, 0.3) is 0 Å². The van der Waals surface area contributed by atoms with E-state index in [2.05, 4.69) is 14.7 Å². The van der Waals surface area contributed by atoms with Gasteiger partial charge in [0.05, 0.1) is 7.11 Å². The summed E-state index contributed by atoms with van der Waals surface area (Å²) in [5.74, 6) is -0.504. The minimum atomic E-state index is -0.504. The highest BCUT2D eigenvalue weighted by Crippen LogP contribution is 2.14. The number of benzene rings is 1. The van der Waals surface area contributed by atoms with Crippen LogP contribution in [0.4, 0.5) is 0 Å². The van der Waals surface area contributed by atoms with E-state index in [-0.39, 0.29) is 5.71 Å². The second-order valence-electron chi connectivity index (χ2n) is 3.36. The van der Waals surface area contributed by atoms with Crippen LogP contribution in [0.5, 0.6) is 0 Å². The fraction of sp³-hybridized carbons (Fsp3) is 0.333. The second-order valence-corrected chi connectivity index (χ2v) is 3.36. The molecule has 0 radical (unpaired) electrons. The van der Waals surface area contributed by atoms with Crippen LogP contribution in [-0.4, -0.2) is 25.9 Å². The Morgan fingerprint density at radius 3 is 2.50 bits per heavy atom. The van der Waals surface area contributed by atoms with Gasteiger partial charge in [0.1, 0.15) is 7.11 Å². The van der Waals surface area contributed by atoms with Gasteiger partial charge in [-0.2, -0.15) is 0 Å². The molecule has 0 saturated carbocycles. The zero-order valence-corrected chi connectivity index (χ0v) is 9.90. The Balaban J connectivity index is 3.27. The van der Waals surface area contributed by atoms with Gasteiger partial charge in [0.2, 0.25) is 0 Å². The smallest absolute Gasteiger partial charge is 0.360 e. The van der Waals surface area contributed by atoms with E-state index in [1.54, 1.807) is 0 Å². The van der Waals surface area contributed by atoms with Crippen LogP contribution in [0.2, 0.25) is 0 Å². The first-order valence-corrected chi connectivity index (χ1v) is 4.87. The molecule has 4 heteroatoms. The fourth-order valence-electron chi connectivity index (χ4n) is 1.39. The van der Waals surface area contributed by atoms with E-state index in [1.165, 1.54) is 14.2 Å². The molecule has 1 aromatic carbocycles. The highest BCUT2D eigenvalue weighted by atomic mass is 16.6. The van der Waals surface area contributed by atoms with Gasteiger partial charge in [-0.3, -0.25) is 0 Å². The van der Waals surface area contributed by atoms with E-state index in [0.717, 1.165) is 16.7 Å². The lowest BCUT2D eigenvalue weighted by atomic mass is 10.00. The molecule has 0 amide bonds. The number of oxime groups is 1. The summed E-state index contributed by atoms with van der Waals surface area (Å²) in [6.45, 7) is 3.90. The van der Waals surface area contributed by atoms with Gasteiger partial charge in [-0.1, -0.05) is 23.4 Å². The van der Waals surface area contributed by atoms with Crippen LogP contribution in [0, 0.1) is 13.8 Å². The summed E-state index contributed by atoms with van der Waals surface area (Å²) in [6.07, 6.45) is 0. The molecule has 0 fully saturated rings. The average molecular weight is 221 g/mol. The van der Waals surface area contributed by atoms with Crippen molar-refractivity contribution in [3.63, 3.8) is 0 Å². The number of nitrogens with zero attached hydrogens (tertiary/aromatic N) is 1. The molecule has 0 unspecified atom stereocenters. The zero-order chi connectivity index (χ0) is 12.1. The number of rotatable bonds is 3. The third kappa shape index (κ3) is 2.39. The van der Waals surface area contributed by atoms with Gasteiger partial charge < -0.3 is 9.57 Å². The highest BCUT2D eigenvalue weighted by molar-refractivity contribution is 6.43. The molecule has 0 aromatic heterocycles. The Hall–Kier alpha value is -1.84. The van der Waals surface area contributed by atoms with Crippen molar-refractivity contribution in [1.82, 2.24) is 0 Å². The number of methoxy groups -OCH3 is 1. The number of hydrogen-bond donors (Lipinski definition) is 0. The monoisotopic (exact) mass is 221 g/mol. The van der Waals surface area contributed by atoms with Crippen molar-refractivity contribution >= 4 is 11.7 Å². The summed E-state index contributed by atoms with van der Waals surface area (Å²) in [7, 11) is 2.71. The van der Waals surface area contributed by atoms with Crippen LogP contribution in [0.15, 0.2) is 23.4 Å². The topological polar surface area (TPSA) is 47.9 Å². The van der Waals surface area contributed by atoms with E-state index in [9.17, 15) is 4.79 Å². The normalized spacial score (nSPS) is 11.1. The van der Waals surface area contributed by atoms with Crippen LogP contribution >= 0.6 is 0 Å². The summed E-state index contributed by atoms with van der Waals surface area (Å²) < 4.78 is 4.66. The summed E-state index contributed by atoms with van der Waals surface area (Å²) in [4.78, 5) is 16.2. The van der Waals surface area contributed by atoms with E-state index >= 15 is 0 Å². The minimum Gasteiger partial charge on any atom is -0.464 e. The molecular formula is C12H15NO3. The Morgan fingerprint density at radius 1 is 1.25 bits per heavy atom. The van der Waals surface area contributed by atoms with Gasteiger partial charge in [-0.15, -0.1) is 0 Å². The average Bonchev–Trinajstić information content (AvgIpc) is 2.29. The first kappa shape index (κ1) is 12.2. The van der Waals surface area contributed by atoms with Crippen LogP contribution in [0.25, 0.3) is 0 Å². The quantitative estimate of drug-likeness (QED) is 0.444. The van der Waals surface area contributed by atoms with Crippen LogP contribution in [-0.2, 0) is 14.4 Å². The molecule has 0 heterocycles. The Labute approximate surface area is 94.9 Å². The lowest BCUT2D eigenvalue weighted by Gasteiger charge is -2.08. The molecule has 1 aromatic rings. The summed E-state index contributed by atoms with van der Waals surface area (Å²) in [6, 6.07) is 5.66. The summed E-state index contributed by atoms with van der Waals surface area (Å²) in [5, 5.41) is 3.71. The Kier molecular flexibility index (Phi) is 4.05. The number of carbonyl (C=O) groups excluding carboxylic acids is 1. The van der Waals surface area contributed by atoms with Crippen LogP contribution in [0.1, 0.15) is 16.7 Å². The van der Waals surface area contributed by atoms with Gasteiger partial charge in [-0.25, -0.2) is 4.79 Å². The van der Waals surface area contributed by atoms with E-state index in [4.69, 9.17) is 0 Å². The predicted molar refractivity (Wildman–Crippen MR) is 61.5 cm³/mol. The molecule has 0 N–H and O–H groups in total.